The normalized spacial score (nSPS) is 23.9. The number of nitrogens with one attached hydrogen (secondary N) is 1. The second kappa shape index (κ2) is 4.34. The molecule has 1 unspecified atom stereocenters. The standard InChI is InChI=1S/C16H21N3/c1-11-5-8-15-14(10-11)18-16(19(15)12-6-7-12)13-4-2-3-9-17-13/h5,8,10,12-13,17H,2-4,6-7,9H2,1H3. The van der Waals surface area contributed by atoms with E-state index in [0.717, 1.165) is 6.54 Å². The van der Waals surface area contributed by atoms with Gasteiger partial charge in [-0.25, -0.2) is 4.98 Å². The van der Waals surface area contributed by atoms with Gasteiger partial charge in [-0.15, -0.1) is 0 Å². The molecule has 4 rings (SSSR count). The molecule has 2 fully saturated rings. The number of hydrogen-bond donors (Lipinski definition) is 1. The average Bonchev–Trinajstić information content (AvgIpc) is 3.20. The van der Waals surface area contributed by atoms with Gasteiger partial charge in [-0.2, -0.15) is 0 Å². The number of rotatable bonds is 2. The molecule has 1 saturated carbocycles. The molecule has 100 valence electrons. The molecule has 2 aromatic rings. The van der Waals surface area contributed by atoms with E-state index in [2.05, 4.69) is 35.0 Å². The smallest absolute Gasteiger partial charge is 0.127 e. The second-order valence-corrected chi connectivity index (χ2v) is 6.07. The summed E-state index contributed by atoms with van der Waals surface area (Å²) in [6.07, 6.45) is 6.50. The number of nitrogens with zero attached hydrogens (tertiary/aromatic N) is 2. The largest absolute Gasteiger partial charge is 0.324 e. The number of aryl methyl sites for hydroxylation is 1. The van der Waals surface area contributed by atoms with Crippen LogP contribution in [0.2, 0.25) is 0 Å². The topological polar surface area (TPSA) is 29.9 Å². The van der Waals surface area contributed by atoms with Crippen molar-refractivity contribution in [3.8, 4) is 0 Å². The maximum absolute atomic E-state index is 4.96. The molecule has 3 heteroatoms. The average molecular weight is 255 g/mol. The highest BCUT2D eigenvalue weighted by molar-refractivity contribution is 5.77. The number of fused-ring (bicyclic) bond motifs is 1. The molecule has 1 aromatic carbocycles. The van der Waals surface area contributed by atoms with Gasteiger partial charge in [0.2, 0.25) is 0 Å². The van der Waals surface area contributed by atoms with Gasteiger partial charge in [0, 0.05) is 6.04 Å². The molecule has 19 heavy (non-hydrogen) atoms. The Morgan fingerprint density at radius 1 is 1.21 bits per heavy atom. The Bertz CT molecular complexity index is 604. The van der Waals surface area contributed by atoms with E-state index >= 15 is 0 Å². The van der Waals surface area contributed by atoms with Crippen molar-refractivity contribution in [3.05, 3.63) is 29.6 Å². The van der Waals surface area contributed by atoms with E-state index in [-0.39, 0.29) is 0 Å². The summed E-state index contributed by atoms with van der Waals surface area (Å²) in [6.45, 7) is 3.28. The van der Waals surface area contributed by atoms with Crippen LogP contribution in [0.25, 0.3) is 11.0 Å². The highest BCUT2D eigenvalue weighted by atomic mass is 15.2. The molecule has 1 N–H and O–H groups in total. The SMILES string of the molecule is Cc1ccc2c(c1)nc(C1CCCCN1)n2C1CC1. The summed E-state index contributed by atoms with van der Waals surface area (Å²) in [5, 5.41) is 3.65. The van der Waals surface area contributed by atoms with Crippen LogP contribution in [-0.4, -0.2) is 16.1 Å². The van der Waals surface area contributed by atoms with Gasteiger partial charge in [-0.1, -0.05) is 12.5 Å². The molecule has 1 saturated heterocycles. The Morgan fingerprint density at radius 2 is 2.11 bits per heavy atom. The Kier molecular flexibility index (Phi) is 2.62. The molecule has 3 nitrogen and oxygen atoms in total. The second-order valence-electron chi connectivity index (χ2n) is 6.07. The van der Waals surface area contributed by atoms with E-state index < -0.39 is 0 Å². The van der Waals surface area contributed by atoms with E-state index in [1.807, 2.05) is 0 Å². The van der Waals surface area contributed by atoms with Crippen LogP contribution in [0, 0.1) is 6.92 Å². The van der Waals surface area contributed by atoms with Crippen molar-refractivity contribution >= 4 is 11.0 Å². The summed E-state index contributed by atoms with van der Waals surface area (Å²) in [7, 11) is 0. The molecule has 0 spiro atoms. The van der Waals surface area contributed by atoms with Gasteiger partial charge in [-0.3, -0.25) is 0 Å². The fraction of sp³-hybridized carbons (Fsp3) is 0.562. The van der Waals surface area contributed by atoms with Gasteiger partial charge < -0.3 is 9.88 Å². The lowest BCUT2D eigenvalue weighted by Gasteiger charge is -2.24. The van der Waals surface area contributed by atoms with Crippen molar-refractivity contribution in [1.29, 1.82) is 0 Å². The highest BCUT2D eigenvalue weighted by Gasteiger charge is 2.31. The number of hydrogen-bond acceptors (Lipinski definition) is 2. The van der Waals surface area contributed by atoms with E-state index in [1.165, 1.54) is 54.5 Å². The Hall–Kier alpha value is -1.35. The Balaban J connectivity index is 1.85. The van der Waals surface area contributed by atoms with Crippen LogP contribution < -0.4 is 5.32 Å². The highest BCUT2D eigenvalue weighted by Crippen LogP contribution is 2.41. The van der Waals surface area contributed by atoms with Crippen LogP contribution in [0.15, 0.2) is 18.2 Å². The molecule has 0 amide bonds. The molecular weight excluding hydrogens is 234 g/mol. The van der Waals surface area contributed by atoms with E-state index in [4.69, 9.17) is 4.98 Å². The van der Waals surface area contributed by atoms with Gasteiger partial charge in [0.05, 0.1) is 17.1 Å². The molecule has 2 aliphatic rings. The molecule has 1 aliphatic carbocycles. The maximum atomic E-state index is 4.96. The maximum Gasteiger partial charge on any atom is 0.127 e. The van der Waals surface area contributed by atoms with Crippen LogP contribution in [-0.2, 0) is 0 Å². The number of aromatic nitrogens is 2. The van der Waals surface area contributed by atoms with Crippen molar-refractivity contribution in [1.82, 2.24) is 14.9 Å². The van der Waals surface area contributed by atoms with E-state index in [9.17, 15) is 0 Å². The van der Waals surface area contributed by atoms with Crippen LogP contribution in [0.5, 0.6) is 0 Å². The molecule has 0 radical (unpaired) electrons. The number of piperidine rings is 1. The summed E-state index contributed by atoms with van der Waals surface area (Å²) in [5.74, 6) is 1.28. The fourth-order valence-corrected chi connectivity index (χ4v) is 3.26. The van der Waals surface area contributed by atoms with Crippen LogP contribution in [0.3, 0.4) is 0 Å². The van der Waals surface area contributed by atoms with Crippen molar-refractivity contribution < 1.29 is 0 Å². The predicted octanol–water partition coefficient (Wildman–Crippen LogP) is 3.49. The van der Waals surface area contributed by atoms with Gasteiger partial charge in [0.15, 0.2) is 0 Å². The summed E-state index contributed by atoms with van der Waals surface area (Å²) >= 11 is 0. The summed E-state index contributed by atoms with van der Waals surface area (Å²) < 4.78 is 2.51. The van der Waals surface area contributed by atoms with Crippen molar-refractivity contribution in [2.75, 3.05) is 6.54 Å². The summed E-state index contributed by atoms with van der Waals surface area (Å²) in [5.41, 5.74) is 3.81. The lowest BCUT2D eigenvalue weighted by molar-refractivity contribution is 0.387. The first-order valence-electron chi connectivity index (χ1n) is 7.55. The lowest BCUT2D eigenvalue weighted by Crippen LogP contribution is -2.29. The first-order valence-corrected chi connectivity index (χ1v) is 7.55. The fourth-order valence-electron chi connectivity index (χ4n) is 3.26. The van der Waals surface area contributed by atoms with E-state index in [0.29, 0.717) is 12.1 Å². The van der Waals surface area contributed by atoms with Crippen molar-refractivity contribution in [3.63, 3.8) is 0 Å². The molecule has 1 aromatic heterocycles. The first-order chi connectivity index (χ1) is 9.33. The zero-order valence-corrected chi connectivity index (χ0v) is 11.5. The summed E-state index contributed by atoms with van der Waals surface area (Å²) in [6, 6.07) is 7.84. The molecule has 1 aliphatic heterocycles. The molecule has 0 bridgehead atoms. The minimum absolute atomic E-state index is 0.460. The third-order valence-electron chi connectivity index (χ3n) is 4.41. The lowest BCUT2D eigenvalue weighted by atomic mass is 10.0. The molecular formula is C16H21N3. The first kappa shape index (κ1) is 11.5. The third-order valence-corrected chi connectivity index (χ3v) is 4.41. The monoisotopic (exact) mass is 255 g/mol. The van der Waals surface area contributed by atoms with Crippen LogP contribution in [0.1, 0.15) is 55.6 Å². The van der Waals surface area contributed by atoms with Crippen molar-refractivity contribution in [2.24, 2.45) is 0 Å². The van der Waals surface area contributed by atoms with Crippen molar-refractivity contribution in [2.45, 2.75) is 51.1 Å². The molecule has 1 atom stereocenters. The zero-order chi connectivity index (χ0) is 12.8. The third kappa shape index (κ3) is 1.96. The zero-order valence-electron chi connectivity index (χ0n) is 11.5. The van der Waals surface area contributed by atoms with Gasteiger partial charge in [-0.05, 0) is 56.8 Å². The predicted molar refractivity (Wildman–Crippen MR) is 77.3 cm³/mol. The van der Waals surface area contributed by atoms with Crippen LogP contribution >= 0.6 is 0 Å². The summed E-state index contributed by atoms with van der Waals surface area (Å²) in [4.78, 5) is 4.96. The van der Waals surface area contributed by atoms with Gasteiger partial charge in [0.25, 0.3) is 0 Å². The molecule has 2 heterocycles. The Labute approximate surface area is 114 Å². The minimum atomic E-state index is 0.460. The van der Waals surface area contributed by atoms with Gasteiger partial charge >= 0.3 is 0 Å². The van der Waals surface area contributed by atoms with Gasteiger partial charge in [0.1, 0.15) is 5.82 Å². The quantitative estimate of drug-likeness (QED) is 0.890. The van der Waals surface area contributed by atoms with Crippen LogP contribution in [0.4, 0.5) is 0 Å². The number of imidazole rings is 1. The minimum Gasteiger partial charge on any atom is -0.324 e. The Morgan fingerprint density at radius 3 is 2.84 bits per heavy atom. The van der Waals surface area contributed by atoms with E-state index in [1.54, 1.807) is 0 Å². The number of benzene rings is 1.